The van der Waals surface area contributed by atoms with Gasteiger partial charge in [0, 0.05) is 36.7 Å². The number of amides is 2. The second kappa shape index (κ2) is 6.14. The number of fused-ring (bicyclic) bond motifs is 1. The highest BCUT2D eigenvalue weighted by atomic mass is 19.1. The lowest BCUT2D eigenvalue weighted by Gasteiger charge is -2.20. The topological polar surface area (TPSA) is 85.4 Å². The lowest BCUT2D eigenvalue weighted by molar-refractivity contribution is -0.146. The van der Waals surface area contributed by atoms with Crippen LogP contribution in [0.4, 0.5) is 9.18 Å². The van der Waals surface area contributed by atoms with Gasteiger partial charge in [-0.3, -0.25) is 4.79 Å². The summed E-state index contributed by atoms with van der Waals surface area (Å²) in [4.78, 5) is 27.9. The second-order valence-corrected chi connectivity index (χ2v) is 6.52. The zero-order valence-electron chi connectivity index (χ0n) is 13.4. The molecule has 1 aromatic heterocycles. The van der Waals surface area contributed by atoms with Gasteiger partial charge in [-0.05, 0) is 43.5 Å². The Kier molecular flexibility index (Phi) is 4.17. The maximum absolute atomic E-state index is 13.2. The van der Waals surface area contributed by atoms with Crippen LogP contribution in [-0.2, 0) is 11.2 Å². The summed E-state index contributed by atoms with van der Waals surface area (Å²) in [7, 11) is 0. The van der Waals surface area contributed by atoms with Crippen LogP contribution in [-0.4, -0.2) is 46.6 Å². The number of nitrogens with zero attached hydrogens (tertiary/aromatic N) is 1. The Labute approximate surface area is 138 Å². The monoisotopic (exact) mass is 333 g/mol. The van der Waals surface area contributed by atoms with Gasteiger partial charge in [0.25, 0.3) is 0 Å². The summed E-state index contributed by atoms with van der Waals surface area (Å²) in [6, 6.07) is 4.33. The first-order chi connectivity index (χ1) is 11.4. The van der Waals surface area contributed by atoms with Crippen molar-refractivity contribution in [3.8, 4) is 0 Å². The molecule has 0 spiro atoms. The van der Waals surface area contributed by atoms with Crippen molar-refractivity contribution < 1.29 is 19.1 Å². The minimum Gasteiger partial charge on any atom is -0.481 e. The summed E-state index contributed by atoms with van der Waals surface area (Å²) >= 11 is 0. The van der Waals surface area contributed by atoms with E-state index in [0.29, 0.717) is 25.9 Å². The van der Waals surface area contributed by atoms with Crippen LogP contribution in [0.2, 0.25) is 0 Å². The van der Waals surface area contributed by atoms with Crippen molar-refractivity contribution in [2.45, 2.75) is 19.8 Å². The fourth-order valence-corrected chi connectivity index (χ4v) is 3.09. The molecule has 3 rings (SSSR count). The first kappa shape index (κ1) is 16.3. The van der Waals surface area contributed by atoms with Crippen molar-refractivity contribution in [3.05, 3.63) is 35.8 Å². The number of rotatable bonds is 4. The molecule has 2 amide bonds. The number of urea groups is 1. The van der Waals surface area contributed by atoms with Gasteiger partial charge in [-0.15, -0.1) is 0 Å². The predicted octanol–water partition coefficient (Wildman–Crippen LogP) is 2.36. The smallest absolute Gasteiger partial charge is 0.317 e. The fraction of sp³-hybridized carbons (Fsp3) is 0.412. The average Bonchev–Trinajstić information content (AvgIpc) is 3.12. The van der Waals surface area contributed by atoms with Gasteiger partial charge in [-0.1, -0.05) is 0 Å². The highest BCUT2D eigenvalue weighted by Gasteiger charge is 2.42. The summed E-state index contributed by atoms with van der Waals surface area (Å²) < 4.78 is 13.2. The van der Waals surface area contributed by atoms with E-state index in [-0.39, 0.29) is 18.4 Å². The number of carboxylic acid groups (broad SMARTS) is 1. The van der Waals surface area contributed by atoms with E-state index < -0.39 is 11.4 Å². The van der Waals surface area contributed by atoms with Gasteiger partial charge in [0.15, 0.2) is 0 Å². The number of aromatic amines is 1. The highest BCUT2D eigenvalue weighted by molar-refractivity contribution is 5.83. The maximum Gasteiger partial charge on any atom is 0.317 e. The SMILES string of the molecule is CC1(C(=O)O)CCN(C(=O)NCCc2c[nH]c3cc(F)ccc23)C1. The lowest BCUT2D eigenvalue weighted by atomic mass is 9.90. The molecule has 0 aliphatic carbocycles. The summed E-state index contributed by atoms with van der Waals surface area (Å²) in [5.41, 5.74) is 0.869. The van der Waals surface area contributed by atoms with Gasteiger partial charge in [0.1, 0.15) is 5.82 Å². The normalized spacial score (nSPS) is 20.5. The van der Waals surface area contributed by atoms with Crippen LogP contribution in [0.15, 0.2) is 24.4 Å². The van der Waals surface area contributed by atoms with E-state index in [1.807, 2.05) is 6.20 Å². The van der Waals surface area contributed by atoms with Gasteiger partial charge >= 0.3 is 12.0 Å². The average molecular weight is 333 g/mol. The Bertz CT molecular complexity index is 788. The Morgan fingerprint density at radius 2 is 2.25 bits per heavy atom. The van der Waals surface area contributed by atoms with Crippen LogP contribution < -0.4 is 5.32 Å². The number of carboxylic acids is 1. The number of carbonyl (C=O) groups is 2. The van der Waals surface area contributed by atoms with Crippen molar-refractivity contribution in [3.63, 3.8) is 0 Å². The molecule has 1 aliphatic heterocycles. The van der Waals surface area contributed by atoms with Crippen LogP contribution in [0.5, 0.6) is 0 Å². The van der Waals surface area contributed by atoms with E-state index in [1.165, 1.54) is 12.1 Å². The van der Waals surface area contributed by atoms with Crippen molar-refractivity contribution in [1.82, 2.24) is 15.2 Å². The number of hydrogen-bond acceptors (Lipinski definition) is 2. The number of H-pyrrole nitrogens is 1. The molecule has 1 unspecified atom stereocenters. The van der Waals surface area contributed by atoms with E-state index in [9.17, 15) is 19.1 Å². The van der Waals surface area contributed by atoms with Gasteiger partial charge in [0.05, 0.1) is 5.41 Å². The summed E-state index contributed by atoms with van der Waals surface area (Å²) in [6.07, 6.45) is 2.89. The molecule has 3 N–H and O–H groups in total. The molecule has 2 heterocycles. The molecule has 24 heavy (non-hydrogen) atoms. The zero-order valence-corrected chi connectivity index (χ0v) is 13.4. The minimum atomic E-state index is -0.871. The van der Waals surface area contributed by atoms with Crippen LogP contribution in [0, 0.1) is 11.2 Å². The quantitative estimate of drug-likeness (QED) is 0.803. The predicted molar refractivity (Wildman–Crippen MR) is 87.3 cm³/mol. The third-order valence-electron chi connectivity index (χ3n) is 4.68. The lowest BCUT2D eigenvalue weighted by Crippen LogP contribution is -2.41. The number of nitrogens with one attached hydrogen (secondary N) is 2. The van der Waals surface area contributed by atoms with Crippen LogP contribution in [0.3, 0.4) is 0 Å². The Morgan fingerprint density at radius 3 is 2.96 bits per heavy atom. The first-order valence-electron chi connectivity index (χ1n) is 7.91. The summed E-state index contributed by atoms with van der Waals surface area (Å²) in [5, 5.41) is 13.0. The molecule has 7 heteroatoms. The highest BCUT2D eigenvalue weighted by Crippen LogP contribution is 2.30. The van der Waals surface area contributed by atoms with Crippen molar-refractivity contribution >= 4 is 22.9 Å². The van der Waals surface area contributed by atoms with Crippen molar-refractivity contribution in [1.29, 1.82) is 0 Å². The van der Waals surface area contributed by atoms with Gasteiger partial charge in [-0.2, -0.15) is 0 Å². The molecule has 0 saturated carbocycles. The fourth-order valence-electron chi connectivity index (χ4n) is 3.09. The summed E-state index contributed by atoms with van der Waals surface area (Å²) in [6.45, 7) is 2.76. The number of benzene rings is 1. The van der Waals surface area contributed by atoms with E-state index in [4.69, 9.17) is 0 Å². The van der Waals surface area contributed by atoms with E-state index in [0.717, 1.165) is 16.5 Å². The Morgan fingerprint density at radius 1 is 1.46 bits per heavy atom. The minimum absolute atomic E-state index is 0.223. The molecular formula is C17H20FN3O3. The summed E-state index contributed by atoms with van der Waals surface area (Å²) in [5.74, 6) is -1.16. The number of hydrogen-bond donors (Lipinski definition) is 3. The van der Waals surface area contributed by atoms with Crippen LogP contribution in [0.25, 0.3) is 10.9 Å². The number of carbonyl (C=O) groups excluding carboxylic acids is 1. The number of halogens is 1. The van der Waals surface area contributed by atoms with Crippen LogP contribution >= 0.6 is 0 Å². The molecule has 1 aromatic carbocycles. The first-order valence-corrected chi connectivity index (χ1v) is 7.91. The molecule has 128 valence electrons. The molecular weight excluding hydrogens is 313 g/mol. The molecule has 2 aromatic rings. The molecule has 0 radical (unpaired) electrons. The Hall–Kier alpha value is -2.57. The van der Waals surface area contributed by atoms with Crippen molar-refractivity contribution in [2.75, 3.05) is 19.6 Å². The number of aliphatic carboxylic acids is 1. The standard InChI is InChI=1S/C17H20FN3O3/c1-17(15(22)23)5-7-21(10-17)16(24)19-6-4-11-9-20-14-8-12(18)2-3-13(11)14/h2-3,8-9,20H,4-7,10H2,1H3,(H,19,24)(H,22,23). The molecule has 1 saturated heterocycles. The molecule has 6 nitrogen and oxygen atoms in total. The van der Waals surface area contributed by atoms with E-state index in [2.05, 4.69) is 10.3 Å². The zero-order chi connectivity index (χ0) is 17.3. The number of likely N-dealkylation sites (tertiary alicyclic amines) is 1. The van der Waals surface area contributed by atoms with Crippen LogP contribution in [0.1, 0.15) is 18.9 Å². The van der Waals surface area contributed by atoms with E-state index in [1.54, 1.807) is 17.9 Å². The van der Waals surface area contributed by atoms with Gasteiger partial charge < -0.3 is 20.3 Å². The molecule has 1 fully saturated rings. The van der Waals surface area contributed by atoms with E-state index >= 15 is 0 Å². The molecule has 0 bridgehead atoms. The van der Waals surface area contributed by atoms with Gasteiger partial charge in [-0.25, -0.2) is 9.18 Å². The third kappa shape index (κ3) is 3.06. The second-order valence-electron chi connectivity index (χ2n) is 6.52. The van der Waals surface area contributed by atoms with Crippen molar-refractivity contribution in [2.24, 2.45) is 5.41 Å². The molecule has 1 atom stereocenters. The third-order valence-corrected chi connectivity index (χ3v) is 4.68. The Balaban J connectivity index is 1.55. The van der Waals surface area contributed by atoms with Gasteiger partial charge in [0.2, 0.25) is 0 Å². The maximum atomic E-state index is 13.2. The number of aromatic nitrogens is 1. The largest absolute Gasteiger partial charge is 0.481 e. The molecule has 1 aliphatic rings.